The van der Waals surface area contributed by atoms with Gasteiger partial charge in [0.15, 0.2) is 0 Å². The van der Waals surface area contributed by atoms with Crippen LogP contribution in [0.15, 0.2) is 17.1 Å². The second kappa shape index (κ2) is 3.60. The first kappa shape index (κ1) is 9.08. The Morgan fingerprint density at radius 2 is 2.27 bits per heavy atom. The van der Waals surface area contributed by atoms with Crippen molar-refractivity contribution >= 4 is 11.9 Å². The third-order valence-corrected chi connectivity index (χ3v) is 1.69. The van der Waals surface area contributed by atoms with Crippen LogP contribution in [0.25, 0.3) is 0 Å². The third kappa shape index (κ3) is 1.77. The molecule has 2 rings (SSSR count). The minimum absolute atomic E-state index is 0. The Bertz CT molecular complexity index is 292. The van der Waals surface area contributed by atoms with Gasteiger partial charge in [0.05, 0.1) is 0 Å². The molecule has 0 saturated heterocycles. The van der Waals surface area contributed by atoms with Crippen LogP contribution in [-0.2, 0) is 39.1 Å². The molecule has 0 atom stereocenters. The number of hydrogen-bond donors (Lipinski definition) is 0. The summed E-state index contributed by atoms with van der Waals surface area (Å²) in [7, 11) is 0. The Kier molecular flexibility index (Phi) is 2.97. The van der Waals surface area contributed by atoms with Crippen LogP contribution >= 0.6 is 0 Å². The fraction of sp³-hybridized carbons (Fsp3) is 0.222. The normalized spacial score (nSPS) is 12.5. The molecule has 1 heterocycles. The SMILES string of the molecule is Cc1[c-]c2c(cc1)CC=N2.[Y]. The topological polar surface area (TPSA) is 12.4 Å². The van der Waals surface area contributed by atoms with Gasteiger partial charge in [0, 0.05) is 32.7 Å². The van der Waals surface area contributed by atoms with Crippen molar-refractivity contribution in [3.05, 3.63) is 29.3 Å². The van der Waals surface area contributed by atoms with Gasteiger partial charge >= 0.3 is 0 Å². The van der Waals surface area contributed by atoms with E-state index < -0.39 is 0 Å². The molecule has 0 unspecified atom stereocenters. The Hall–Kier alpha value is -0.00610. The summed E-state index contributed by atoms with van der Waals surface area (Å²) in [5.41, 5.74) is 3.49. The van der Waals surface area contributed by atoms with Gasteiger partial charge in [-0.1, -0.05) is 6.92 Å². The summed E-state index contributed by atoms with van der Waals surface area (Å²) in [4.78, 5) is 4.18. The smallest absolute Gasteiger partial charge is 0 e. The van der Waals surface area contributed by atoms with E-state index in [0.717, 1.165) is 17.7 Å². The first-order valence-electron chi connectivity index (χ1n) is 3.40. The summed E-state index contributed by atoms with van der Waals surface area (Å²) in [5.74, 6) is 0. The summed E-state index contributed by atoms with van der Waals surface area (Å²) >= 11 is 0. The standard InChI is InChI=1S/C9H8N.Y/c1-7-2-3-8-4-5-10-9(8)6-7;/h2-3,5H,4H2,1H3;/q-1;. The van der Waals surface area contributed by atoms with Crippen molar-refractivity contribution < 1.29 is 32.7 Å². The maximum atomic E-state index is 4.18. The van der Waals surface area contributed by atoms with Gasteiger partial charge in [0.1, 0.15) is 0 Å². The predicted molar refractivity (Wildman–Crippen MR) is 41.9 cm³/mol. The molecule has 0 amide bonds. The van der Waals surface area contributed by atoms with Crippen molar-refractivity contribution in [3.8, 4) is 0 Å². The summed E-state index contributed by atoms with van der Waals surface area (Å²) in [6.07, 6.45) is 2.91. The van der Waals surface area contributed by atoms with Gasteiger partial charge in [-0.15, -0.1) is 5.56 Å². The van der Waals surface area contributed by atoms with E-state index in [1.807, 2.05) is 13.1 Å². The molecule has 1 radical (unpaired) electrons. The molecule has 1 aromatic rings. The number of aryl methyl sites for hydroxylation is 1. The van der Waals surface area contributed by atoms with Crippen molar-refractivity contribution in [2.75, 3.05) is 0 Å². The molecule has 53 valence electrons. The van der Waals surface area contributed by atoms with Crippen molar-refractivity contribution in [2.45, 2.75) is 13.3 Å². The zero-order valence-corrected chi connectivity index (χ0v) is 9.30. The fourth-order valence-corrected chi connectivity index (χ4v) is 1.13. The van der Waals surface area contributed by atoms with E-state index in [1.54, 1.807) is 0 Å². The largest absolute Gasteiger partial charge is 0.288 e. The van der Waals surface area contributed by atoms with Crippen LogP contribution in [0.2, 0.25) is 0 Å². The Balaban J connectivity index is 0.000000605. The van der Waals surface area contributed by atoms with Gasteiger partial charge in [-0.25, -0.2) is 0 Å². The van der Waals surface area contributed by atoms with Gasteiger partial charge in [0.2, 0.25) is 0 Å². The van der Waals surface area contributed by atoms with E-state index in [-0.39, 0.29) is 32.7 Å². The molecule has 0 aliphatic carbocycles. The van der Waals surface area contributed by atoms with Crippen molar-refractivity contribution in [1.82, 2.24) is 0 Å². The van der Waals surface area contributed by atoms with E-state index in [2.05, 4.69) is 23.2 Å². The maximum Gasteiger partial charge on any atom is 0 e. The Labute approximate surface area is 91.8 Å². The number of benzene rings is 1. The summed E-state index contributed by atoms with van der Waals surface area (Å²) in [6.45, 7) is 2.04. The van der Waals surface area contributed by atoms with Crippen LogP contribution in [0.4, 0.5) is 5.69 Å². The monoisotopic (exact) mass is 219 g/mol. The van der Waals surface area contributed by atoms with Crippen molar-refractivity contribution in [1.29, 1.82) is 0 Å². The summed E-state index contributed by atoms with van der Waals surface area (Å²) < 4.78 is 0. The average molecular weight is 219 g/mol. The molecule has 0 saturated carbocycles. The first-order valence-corrected chi connectivity index (χ1v) is 3.40. The number of nitrogens with zero attached hydrogens (tertiary/aromatic N) is 1. The second-order valence-corrected chi connectivity index (χ2v) is 2.53. The molecule has 0 N–H and O–H groups in total. The number of rotatable bonds is 0. The molecule has 1 aromatic carbocycles. The molecular formula is C9H8NY-. The molecule has 0 spiro atoms. The predicted octanol–water partition coefficient (Wildman–Crippen LogP) is 2.05. The van der Waals surface area contributed by atoms with E-state index >= 15 is 0 Å². The number of hydrogen-bond acceptors (Lipinski definition) is 1. The van der Waals surface area contributed by atoms with Crippen LogP contribution in [0, 0.1) is 13.0 Å². The van der Waals surface area contributed by atoms with E-state index in [4.69, 9.17) is 0 Å². The van der Waals surface area contributed by atoms with Crippen LogP contribution in [0.1, 0.15) is 11.1 Å². The molecule has 11 heavy (non-hydrogen) atoms. The molecule has 1 aliphatic heterocycles. The van der Waals surface area contributed by atoms with Crippen molar-refractivity contribution in [3.63, 3.8) is 0 Å². The van der Waals surface area contributed by atoms with Gasteiger partial charge in [-0.3, -0.25) is 4.99 Å². The molecule has 0 aromatic heterocycles. The zero-order valence-electron chi connectivity index (χ0n) is 6.46. The molecule has 0 fully saturated rings. The molecule has 1 aliphatic rings. The van der Waals surface area contributed by atoms with Crippen LogP contribution in [-0.4, -0.2) is 6.21 Å². The van der Waals surface area contributed by atoms with E-state index in [0.29, 0.717) is 0 Å². The van der Waals surface area contributed by atoms with Gasteiger partial charge in [-0.2, -0.15) is 23.8 Å². The molecular weight excluding hydrogens is 211 g/mol. The molecule has 0 bridgehead atoms. The van der Waals surface area contributed by atoms with Gasteiger partial charge in [-0.05, 0) is 18.3 Å². The summed E-state index contributed by atoms with van der Waals surface area (Å²) in [5, 5.41) is 0. The number of aliphatic imine (C=N–C) groups is 1. The van der Waals surface area contributed by atoms with Crippen LogP contribution in [0.3, 0.4) is 0 Å². The van der Waals surface area contributed by atoms with Crippen LogP contribution < -0.4 is 0 Å². The van der Waals surface area contributed by atoms with Crippen LogP contribution in [0.5, 0.6) is 0 Å². The van der Waals surface area contributed by atoms with Crippen molar-refractivity contribution in [2.24, 2.45) is 4.99 Å². The second-order valence-electron chi connectivity index (χ2n) is 2.53. The quantitative estimate of drug-likeness (QED) is 0.592. The fourth-order valence-electron chi connectivity index (χ4n) is 1.13. The maximum absolute atomic E-state index is 4.18. The minimum atomic E-state index is 0. The number of fused-ring (bicyclic) bond motifs is 1. The van der Waals surface area contributed by atoms with Gasteiger partial charge in [0.25, 0.3) is 0 Å². The molecule has 1 nitrogen and oxygen atoms in total. The van der Waals surface area contributed by atoms with E-state index in [1.165, 1.54) is 5.56 Å². The zero-order chi connectivity index (χ0) is 6.97. The average Bonchev–Trinajstić information content (AvgIpc) is 2.33. The first-order chi connectivity index (χ1) is 4.86. The Morgan fingerprint density at radius 3 is 3.09 bits per heavy atom. The summed E-state index contributed by atoms with van der Waals surface area (Å²) in [6, 6.07) is 7.39. The minimum Gasteiger partial charge on any atom is -0.288 e. The molecule has 2 heteroatoms. The third-order valence-electron chi connectivity index (χ3n) is 1.69. The Morgan fingerprint density at radius 1 is 1.45 bits per heavy atom. The van der Waals surface area contributed by atoms with E-state index in [9.17, 15) is 0 Å². The van der Waals surface area contributed by atoms with Gasteiger partial charge < -0.3 is 0 Å².